The summed E-state index contributed by atoms with van der Waals surface area (Å²) in [6, 6.07) is 14.0. The van der Waals surface area contributed by atoms with Crippen LogP contribution < -0.4 is 10.1 Å². The minimum atomic E-state index is -0.691. The van der Waals surface area contributed by atoms with Gasteiger partial charge in [0.25, 0.3) is 5.91 Å². The maximum absolute atomic E-state index is 12.4. The molecule has 0 heterocycles. The molecule has 8 heteroatoms. The lowest BCUT2D eigenvalue weighted by molar-refractivity contribution is -0.154. The molecule has 0 saturated carbocycles. The summed E-state index contributed by atoms with van der Waals surface area (Å²) in [6.07, 6.45) is 0.662. The molecule has 7 nitrogen and oxygen atoms in total. The molecule has 0 aliphatic carbocycles. The van der Waals surface area contributed by atoms with E-state index in [0.29, 0.717) is 29.4 Å². The van der Waals surface area contributed by atoms with Gasteiger partial charge in [-0.1, -0.05) is 42.8 Å². The molecule has 0 aliphatic heterocycles. The summed E-state index contributed by atoms with van der Waals surface area (Å²) in [5, 5.41) is 3.27. The van der Waals surface area contributed by atoms with Crippen LogP contribution in [0, 0.1) is 6.92 Å². The number of hydrogen-bond acceptors (Lipinski definition) is 5. The third-order valence-electron chi connectivity index (χ3n) is 4.11. The molecule has 0 spiro atoms. The van der Waals surface area contributed by atoms with E-state index >= 15 is 0 Å². The second kappa shape index (κ2) is 11.8. The number of anilines is 1. The smallest absolute Gasteiger partial charge is 0.344 e. The van der Waals surface area contributed by atoms with E-state index in [1.807, 2.05) is 32.0 Å². The Morgan fingerprint density at radius 1 is 1.07 bits per heavy atom. The van der Waals surface area contributed by atoms with E-state index in [0.717, 1.165) is 5.56 Å². The topological polar surface area (TPSA) is 84.9 Å². The number of esters is 1. The molecule has 2 aromatic carbocycles. The predicted molar refractivity (Wildman–Crippen MR) is 115 cm³/mol. The maximum Gasteiger partial charge on any atom is 0.344 e. The van der Waals surface area contributed by atoms with Crippen LogP contribution in [0.2, 0.25) is 5.02 Å². The molecule has 0 radical (unpaired) electrons. The van der Waals surface area contributed by atoms with Gasteiger partial charge in [0, 0.05) is 17.3 Å². The number of nitrogens with one attached hydrogen (secondary N) is 1. The number of ether oxygens (including phenoxy) is 2. The number of amides is 2. The Bertz CT molecular complexity index is 887. The van der Waals surface area contributed by atoms with Crippen LogP contribution in [0.25, 0.3) is 0 Å². The van der Waals surface area contributed by atoms with E-state index in [1.165, 1.54) is 4.90 Å². The van der Waals surface area contributed by atoms with Crippen molar-refractivity contribution in [2.45, 2.75) is 20.3 Å². The van der Waals surface area contributed by atoms with Crippen molar-refractivity contribution in [2.75, 3.05) is 31.6 Å². The SMILES string of the molecule is CCCN(CC(=O)Nc1ccccc1C)C(=O)COC(=O)COc1cccc(Cl)c1. The first-order valence-corrected chi connectivity index (χ1v) is 9.94. The summed E-state index contributed by atoms with van der Waals surface area (Å²) in [5.41, 5.74) is 1.61. The molecule has 2 rings (SSSR count). The van der Waals surface area contributed by atoms with Crippen molar-refractivity contribution >= 4 is 35.1 Å². The van der Waals surface area contributed by atoms with Gasteiger partial charge in [-0.25, -0.2) is 4.79 Å². The second-order valence-corrected chi connectivity index (χ2v) is 7.02. The molecule has 2 aromatic rings. The Balaban J connectivity index is 1.81. The zero-order chi connectivity index (χ0) is 21.9. The Morgan fingerprint density at radius 3 is 2.53 bits per heavy atom. The minimum absolute atomic E-state index is 0.127. The van der Waals surface area contributed by atoms with Crippen molar-refractivity contribution in [3.8, 4) is 5.75 Å². The van der Waals surface area contributed by atoms with Gasteiger partial charge in [-0.05, 0) is 43.2 Å². The summed E-state index contributed by atoms with van der Waals surface area (Å²) in [4.78, 5) is 38.0. The highest BCUT2D eigenvalue weighted by atomic mass is 35.5. The van der Waals surface area contributed by atoms with E-state index in [4.69, 9.17) is 21.1 Å². The highest BCUT2D eigenvalue weighted by Crippen LogP contribution is 2.17. The van der Waals surface area contributed by atoms with Crippen LogP contribution in [0.3, 0.4) is 0 Å². The Labute approximate surface area is 180 Å². The molecule has 0 bridgehead atoms. The fourth-order valence-corrected chi connectivity index (χ4v) is 2.79. The molecule has 2 amide bonds. The highest BCUT2D eigenvalue weighted by Gasteiger charge is 2.19. The lowest BCUT2D eigenvalue weighted by Gasteiger charge is -2.21. The molecule has 0 unspecified atom stereocenters. The standard InChI is InChI=1S/C22H25ClN2O5/c1-3-11-25(13-20(26)24-19-10-5-4-7-16(19)2)21(27)14-30-22(28)15-29-18-9-6-8-17(23)12-18/h4-10,12H,3,11,13-15H2,1-2H3,(H,24,26). The number of rotatable bonds is 10. The zero-order valence-corrected chi connectivity index (χ0v) is 17.8. The molecule has 0 atom stereocenters. The van der Waals surface area contributed by atoms with Gasteiger partial charge >= 0.3 is 5.97 Å². The van der Waals surface area contributed by atoms with Crippen molar-refractivity contribution in [1.29, 1.82) is 0 Å². The molecule has 0 aromatic heterocycles. The number of benzene rings is 2. The van der Waals surface area contributed by atoms with Crippen molar-refractivity contribution in [1.82, 2.24) is 4.90 Å². The Morgan fingerprint density at radius 2 is 1.83 bits per heavy atom. The van der Waals surface area contributed by atoms with Gasteiger partial charge in [0.1, 0.15) is 5.75 Å². The van der Waals surface area contributed by atoms with Crippen LogP contribution >= 0.6 is 11.6 Å². The molecule has 160 valence electrons. The molecule has 1 N–H and O–H groups in total. The van der Waals surface area contributed by atoms with Gasteiger partial charge in [-0.15, -0.1) is 0 Å². The molecule has 30 heavy (non-hydrogen) atoms. The van der Waals surface area contributed by atoms with Crippen LogP contribution in [0.1, 0.15) is 18.9 Å². The van der Waals surface area contributed by atoms with Crippen LogP contribution in [0.4, 0.5) is 5.69 Å². The summed E-state index contributed by atoms with van der Waals surface area (Å²) < 4.78 is 10.3. The number of carbonyl (C=O) groups excluding carboxylic acids is 3. The summed E-state index contributed by atoms with van der Waals surface area (Å²) in [7, 11) is 0. The number of carbonyl (C=O) groups is 3. The van der Waals surface area contributed by atoms with Gasteiger partial charge in [-0.3, -0.25) is 9.59 Å². The first-order chi connectivity index (χ1) is 14.4. The maximum atomic E-state index is 12.4. The van der Waals surface area contributed by atoms with Crippen LogP contribution in [-0.4, -0.2) is 49.0 Å². The number of hydrogen-bond donors (Lipinski definition) is 1. The highest BCUT2D eigenvalue weighted by molar-refractivity contribution is 6.30. The first kappa shape index (κ1) is 23.2. The zero-order valence-electron chi connectivity index (χ0n) is 17.0. The molecule has 0 saturated heterocycles. The van der Waals surface area contributed by atoms with Crippen molar-refractivity contribution in [2.24, 2.45) is 0 Å². The average Bonchev–Trinajstić information content (AvgIpc) is 2.72. The normalized spacial score (nSPS) is 10.2. The summed E-state index contributed by atoms with van der Waals surface area (Å²) >= 11 is 5.85. The van der Waals surface area contributed by atoms with Crippen LogP contribution in [0.5, 0.6) is 5.75 Å². The van der Waals surface area contributed by atoms with E-state index in [9.17, 15) is 14.4 Å². The number of halogens is 1. The van der Waals surface area contributed by atoms with E-state index in [2.05, 4.69) is 5.32 Å². The minimum Gasteiger partial charge on any atom is -0.482 e. The number of para-hydroxylation sites is 1. The van der Waals surface area contributed by atoms with Gasteiger partial charge in [-0.2, -0.15) is 0 Å². The lowest BCUT2D eigenvalue weighted by Crippen LogP contribution is -2.41. The summed E-state index contributed by atoms with van der Waals surface area (Å²) in [5.74, 6) is -1.04. The van der Waals surface area contributed by atoms with E-state index in [-0.39, 0.29) is 19.1 Å². The largest absolute Gasteiger partial charge is 0.482 e. The quantitative estimate of drug-likeness (QED) is 0.581. The molecule has 0 aliphatic rings. The van der Waals surface area contributed by atoms with Crippen LogP contribution in [-0.2, 0) is 19.1 Å². The Kier molecular flexibility index (Phi) is 9.15. The second-order valence-electron chi connectivity index (χ2n) is 6.59. The summed E-state index contributed by atoms with van der Waals surface area (Å²) in [6.45, 7) is 3.21. The fourth-order valence-electron chi connectivity index (χ4n) is 2.61. The fraction of sp³-hybridized carbons (Fsp3) is 0.318. The third kappa shape index (κ3) is 7.75. The van der Waals surface area contributed by atoms with Crippen LogP contribution in [0.15, 0.2) is 48.5 Å². The number of aryl methyl sites for hydroxylation is 1. The van der Waals surface area contributed by atoms with Crippen molar-refractivity contribution < 1.29 is 23.9 Å². The van der Waals surface area contributed by atoms with Crippen molar-refractivity contribution in [3.05, 3.63) is 59.1 Å². The average molecular weight is 433 g/mol. The van der Waals surface area contributed by atoms with Crippen molar-refractivity contribution in [3.63, 3.8) is 0 Å². The molecule has 0 fully saturated rings. The van der Waals surface area contributed by atoms with Gasteiger partial charge in [0.2, 0.25) is 5.91 Å². The van der Waals surface area contributed by atoms with E-state index in [1.54, 1.807) is 30.3 Å². The van der Waals surface area contributed by atoms with Gasteiger partial charge < -0.3 is 19.7 Å². The number of nitrogens with zero attached hydrogens (tertiary/aromatic N) is 1. The van der Waals surface area contributed by atoms with E-state index < -0.39 is 18.5 Å². The lowest BCUT2D eigenvalue weighted by atomic mass is 10.2. The Hall–Kier alpha value is -3.06. The molecular formula is C22H25ClN2O5. The monoisotopic (exact) mass is 432 g/mol. The third-order valence-corrected chi connectivity index (χ3v) is 4.34. The predicted octanol–water partition coefficient (Wildman–Crippen LogP) is 3.45. The van der Waals surface area contributed by atoms with Gasteiger partial charge in [0.05, 0.1) is 6.54 Å². The first-order valence-electron chi connectivity index (χ1n) is 9.56. The van der Waals surface area contributed by atoms with Gasteiger partial charge in [0.15, 0.2) is 13.2 Å². The molecular weight excluding hydrogens is 408 g/mol.